The second kappa shape index (κ2) is 6.16. The van der Waals surface area contributed by atoms with Gasteiger partial charge in [0, 0.05) is 20.7 Å². The minimum absolute atomic E-state index is 0.0288. The summed E-state index contributed by atoms with van der Waals surface area (Å²) in [6.07, 6.45) is 2.14. The van der Waals surface area contributed by atoms with Crippen LogP contribution >= 0.6 is 0 Å². The zero-order valence-corrected chi connectivity index (χ0v) is 7.59. The van der Waals surface area contributed by atoms with Gasteiger partial charge < -0.3 is 9.64 Å². The predicted molar refractivity (Wildman–Crippen MR) is 44.4 cm³/mol. The molecule has 11 heavy (non-hydrogen) atoms. The van der Waals surface area contributed by atoms with E-state index < -0.39 is 0 Å². The lowest BCUT2D eigenvalue weighted by Crippen LogP contribution is -2.26. The van der Waals surface area contributed by atoms with E-state index in [1.807, 2.05) is 0 Å². The molecule has 0 fully saturated rings. The van der Waals surface area contributed by atoms with Crippen molar-refractivity contribution in [3.05, 3.63) is 0 Å². The van der Waals surface area contributed by atoms with Gasteiger partial charge in [0.25, 0.3) is 0 Å². The standard InChI is InChI=1S/C8H17NO2/c1-4-5-6-11-7-8(10)9(2)3/h4-7H2,1-3H3. The van der Waals surface area contributed by atoms with Crippen molar-refractivity contribution in [1.29, 1.82) is 0 Å². The normalized spacial score (nSPS) is 9.73. The van der Waals surface area contributed by atoms with Crippen LogP contribution in [0.5, 0.6) is 0 Å². The van der Waals surface area contributed by atoms with Gasteiger partial charge in [0.15, 0.2) is 0 Å². The summed E-state index contributed by atoms with van der Waals surface area (Å²) in [5.41, 5.74) is 0. The molecular weight excluding hydrogens is 142 g/mol. The van der Waals surface area contributed by atoms with Crippen molar-refractivity contribution in [2.24, 2.45) is 0 Å². The van der Waals surface area contributed by atoms with E-state index >= 15 is 0 Å². The van der Waals surface area contributed by atoms with Crippen LogP contribution in [-0.2, 0) is 9.53 Å². The number of amides is 1. The number of rotatable bonds is 5. The molecule has 0 atom stereocenters. The van der Waals surface area contributed by atoms with Gasteiger partial charge in [-0.3, -0.25) is 4.79 Å². The molecule has 0 aliphatic rings. The summed E-state index contributed by atoms with van der Waals surface area (Å²) in [5, 5.41) is 0. The Balaban J connectivity index is 3.18. The van der Waals surface area contributed by atoms with Gasteiger partial charge in [-0.15, -0.1) is 0 Å². The second-order valence-corrected chi connectivity index (χ2v) is 2.69. The third kappa shape index (κ3) is 5.85. The van der Waals surface area contributed by atoms with Gasteiger partial charge in [0.1, 0.15) is 6.61 Å². The molecule has 0 heterocycles. The second-order valence-electron chi connectivity index (χ2n) is 2.69. The van der Waals surface area contributed by atoms with E-state index in [-0.39, 0.29) is 12.5 Å². The van der Waals surface area contributed by atoms with Gasteiger partial charge in [0.05, 0.1) is 0 Å². The van der Waals surface area contributed by atoms with Crippen LogP contribution in [0.25, 0.3) is 0 Å². The summed E-state index contributed by atoms with van der Waals surface area (Å²) >= 11 is 0. The Bertz CT molecular complexity index is 113. The van der Waals surface area contributed by atoms with Crippen LogP contribution in [0.2, 0.25) is 0 Å². The van der Waals surface area contributed by atoms with Gasteiger partial charge in [-0.05, 0) is 6.42 Å². The smallest absolute Gasteiger partial charge is 0.248 e. The van der Waals surface area contributed by atoms with E-state index in [9.17, 15) is 4.79 Å². The Labute approximate surface area is 68.3 Å². The summed E-state index contributed by atoms with van der Waals surface area (Å²) < 4.78 is 5.11. The number of carbonyl (C=O) groups excluding carboxylic acids is 1. The topological polar surface area (TPSA) is 29.5 Å². The molecule has 0 aromatic heterocycles. The Morgan fingerprint density at radius 3 is 2.55 bits per heavy atom. The highest BCUT2D eigenvalue weighted by atomic mass is 16.5. The van der Waals surface area contributed by atoms with E-state index in [0.29, 0.717) is 6.61 Å². The zero-order chi connectivity index (χ0) is 8.69. The molecule has 0 bridgehead atoms. The Kier molecular flexibility index (Phi) is 5.84. The molecule has 0 saturated heterocycles. The van der Waals surface area contributed by atoms with Crippen molar-refractivity contribution in [3.8, 4) is 0 Å². The fourth-order valence-corrected chi connectivity index (χ4v) is 0.535. The van der Waals surface area contributed by atoms with Crippen molar-refractivity contribution < 1.29 is 9.53 Å². The highest BCUT2D eigenvalue weighted by molar-refractivity contribution is 5.76. The van der Waals surface area contributed by atoms with Gasteiger partial charge >= 0.3 is 0 Å². The van der Waals surface area contributed by atoms with E-state index in [0.717, 1.165) is 12.8 Å². The first-order valence-corrected chi connectivity index (χ1v) is 3.96. The largest absolute Gasteiger partial charge is 0.372 e. The molecule has 0 rings (SSSR count). The van der Waals surface area contributed by atoms with Crippen molar-refractivity contribution in [2.75, 3.05) is 27.3 Å². The molecule has 0 aromatic carbocycles. The summed E-state index contributed by atoms with van der Waals surface area (Å²) in [6, 6.07) is 0. The zero-order valence-electron chi connectivity index (χ0n) is 7.59. The fraction of sp³-hybridized carbons (Fsp3) is 0.875. The van der Waals surface area contributed by atoms with Crippen LogP contribution in [-0.4, -0.2) is 38.1 Å². The highest BCUT2D eigenvalue weighted by Crippen LogP contribution is 1.88. The molecule has 3 nitrogen and oxygen atoms in total. The average Bonchev–Trinajstić information content (AvgIpc) is 1.97. The van der Waals surface area contributed by atoms with Crippen LogP contribution < -0.4 is 0 Å². The van der Waals surface area contributed by atoms with Crippen LogP contribution in [0.15, 0.2) is 0 Å². The molecule has 66 valence electrons. The SMILES string of the molecule is CCCCOCC(=O)N(C)C. The van der Waals surface area contributed by atoms with E-state index in [4.69, 9.17) is 4.74 Å². The maximum absolute atomic E-state index is 10.9. The lowest BCUT2D eigenvalue weighted by molar-refractivity contribution is -0.133. The Morgan fingerprint density at radius 1 is 1.45 bits per heavy atom. The van der Waals surface area contributed by atoms with Crippen molar-refractivity contribution >= 4 is 5.91 Å². The molecule has 0 aliphatic heterocycles. The van der Waals surface area contributed by atoms with Gasteiger partial charge in [-0.2, -0.15) is 0 Å². The molecule has 0 aliphatic carbocycles. The van der Waals surface area contributed by atoms with Crippen LogP contribution in [0.3, 0.4) is 0 Å². The first kappa shape index (κ1) is 10.4. The number of hydrogen-bond donors (Lipinski definition) is 0. The summed E-state index contributed by atoms with van der Waals surface area (Å²) in [6.45, 7) is 3.00. The van der Waals surface area contributed by atoms with Crippen LogP contribution in [0, 0.1) is 0 Å². The van der Waals surface area contributed by atoms with E-state index in [1.54, 1.807) is 14.1 Å². The number of hydrogen-bond acceptors (Lipinski definition) is 2. The van der Waals surface area contributed by atoms with Gasteiger partial charge in [0.2, 0.25) is 5.91 Å². The van der Waals surface area contributed by atoms with Gasteiger partial charge in [-0.25, -0.2) is 0 Å². The first-order valence-electron chi connectivity index (χ1n) is 3.96. The summed E-state index contributed by atoms with van der Waals surface area (Å²) in [7, 11) is 3.46. The lowest BCUT2D eigenvalue weighted by Gasteiger charge is -2.09. The molecular formula is C8H17NO2. The summed E-state index contributed by atoms with van der Waals surface area (Å²) in [5.74, 6) is 0.0288. The molecule has 0 spiro atoms. The fourth-order valence-electron chi connectivity index (χ4n) is 0.535. The lowest BCUT2D eigenvalue weighted by atomic mass is 10.4. The molecule has 0 N–H and O–H groups in total. The van der Waals surface area contributed by atoms with Crippen molar-refractivity contribution in [3.63, 3.8) is 0 Å². The minimum Gasteiger partial charge on any atom is -0.372 e. The monoisotopic (exact) mass is 159 g/mol. The number of ether oxygens (including phenoxy) is 1. The molecule has 3 heteroatoms. The average molecular weight is 159 g/mol. The molecule has 0 saturated carbocycles. The third-order valence-electron chi connectivity index (χ3n) is 1.37. The quantitative estimate of drug-likeness (QED) is 0.557. The van der Waals surface area contributed by atoms with E-state index in [2.05, 4.69) is 6.92 Å². The van der Waals surface area contributed by atoms with Crippen molar-refractivity contribution in [1.82, 2.24) is 4.90 Å². The van der Waals surface area contributed by atoms with Crippen LogP contribution in [0.1, 0.15) is 19.8 Å². The molecule has 1 amide bonds. The Morgan fingerprint density at radius 2 is 2.09 bits per heavy atom. The van der Waals surface area contributed by atoms with Crippen LogP contribution in [0.4, 0.5) is 0 Å². The molecule has 0 unspecified atom stereocenters. The highest BCUT2D eigenvalue weighted by Gasteiger charge is 2.01. The predicted octanol–water partition coefficient (Wildman–Crippen LogP) is 0.891. The van der Waals surface area contributed by atoms with Gasteiger partial charge in [-0.1, -0.05) is 13.3 Å². The van der Waals surface area contributed by atoms with E-state index in [1.165, 1.54) is 4.90 Å². The number of unbranched alkanes of at least 4 members (excludes halogenated alkanes) is 1. The number of carbonyl (C=O) groups is 1. The first-order chi connectivity index (χ1) is 5.18. The maximum atomic E-state index is 10.9. The molecule has 0 radical (unpaired) electrons. The van der Waals surface area contributed by atoms with Crippen molar-refractivity contribution in [2.45, 2.75) is 19.8 Å². The minimum atomic E-state index is 0.0288. The molecule has 0 aromatic rings. The third-order valence-corrected chi connectivity index (χ3v) is 1.37. The number of likely N-dealkylation sites (N-methyl/N-ethyl adjacent to an activating group) is 1. The Hall–Kier alpha value is -0.570. The summed E-state index contributed by atoms with van der Waals surface area (Å²) in [4.78, 5) is 12.4. The number of nitrogens with zero attached hydrogens (tertiary/aromatic N) is 1. The maximum Gasteiger partial charge on any atom is 0.248 e.